The van der Waals surface area contributed by atoms with Crippen LogP contribution in [0, 0.1) is 0 Å². The first-order valence-corrected chi connectivity index (χ1v) is 6.24. The Morgan fingerprint density at radius 3 is 2.79 bits per heavy atom. The molecule has 6 heteroatoms. The average Bonchev–Trinajstić information content (AvgIpc) is 2.93. The molecule has 0 unspecified atom stereocenters. The van der Waals surface area contributed by atoms with Crippen LogP contribution in [0.1, 0.15) is 24.6 Å². The van der Waals surface area contributed by atoms with E-state index in [1.165, 1.54) is 6.07 Å². The molecule has 0 atom stereocenters. The Morgan fingerprint density at radius 2 is 2.05 bits per heavy atom. The second kappa shape index (κ2) is 4.89. The topological polar surface area (TPSA) is 94.4 Å². The normalized spacial score (nSPS) is 16.6. The Labute approximate surface area is 110 Å². The van der Waals surface area contributed by atoms with Gasteiger partial charge in [-0.1, -0.05) is 5.16 Å². The number of aromatic nitrogens is 2. The standard InChI is InChI=1S/C13H15N3O3/c14-10-7-9(1-2-11(10)17)13-15-12(16-19-13)8-3-5-18-6-4-8/h1-2,7-8,17H,3-6,14H2. The van der Waals surface area contributed by atoms with E-state index in [-0.39, 0.29) is 5.75 Å². The van der Waals surface area contributed by atoms with Crippen molar-refractivity contribution in [2.45, 2.75) is 18.8 Å². The van der Waals surface area contributed by atoms with E-state index in [2.05, 4.69) is 10.1 Å². The molecule has 0 radical (unpaired) electrons. The van der Waals surface area contributed by atoms with Crippen LogP contribution in [-0.4, -0.2) is 28.5 Å². The zero-order chi connectivity index (χ0) is 13.2. The number of hydrogen-bond donors (Lipinski definition) is 2. The summed E-state index contributed by atoms with van der Waals surface area (Å²) in [6.07, 6.45) is 1.83. The van der Waals surface area contributed by atoms with E-state index in [4.69, 9.17) is 15.0 Å². The van der Waals surface area contributed by atoms with Gasteiger partial charge in [-0.2, -0.15) is 4.98 Å². The minimum absolute atomic E-state index is 0.0490. The summed E-state index contributed by atoms with van der Waals surface area (Å²) < 4.78 is 10.6. The Bertz CT molecular complexity index is 576. The summed E-state index contributed by atoms with van der Waals surface area (Å²) in [5.41, 5.74) is 6.66. The summed E-state index contributed by atoms with van der Waals surface area (Å²) in [5.74, 6) is 1.48. The van der Waals surface area contributed by atoms with Gasteiger partial charge in [-0.3, -0.25) is 0 Å². The highest BCUT2D eigenvalue weighted by Gasteiger charge is 2.21. The third kappa shape index (κ3) is 2.39. The highest BCUT2D eigenvalue weighted by Crippen LogP contribution is 2.29. The number of aromatic hydroxyl groups is 1. The highest BCUT2D eigenvalue weighted by atomic mass is 16.5. The van der Waals surface area contributed by atoms with Gasteiger partial charge in [0.2, 0.25) is 0 Å². The van der Waals surface area contributed by atoms with Gasteiger partial charge in [-0.15, -0.1) is 0 Å². The van der Waals surface area contributed by atoms with Crippen LogP contribution >= 0.6 is 0 Å². The van der Waals surface area contributed by atoms with Crippen molar-refractivity contribution in [3.8, 4) is 17.2 Å². The van der Waals surface area contributed by atoms with Crippen molar-refractivity contribution in [1.29, 1.82) is 0 Å². The molecule has 2 aromatic rings. The van der Waals surface area contributed by atoms with Crippen LogP contribution in [0.4, 0.5) is 5.69 Å². The SMILES string of the molecule is Nc1cc(-c2nc(C3CCOCC3)no2)ccc1O. The first-order chi connectivity index (χ1) is 9.24. The number of ether oxygens (including phenoxy) is 1. The summed E-state index contributed by atoms with van der Waals surface area (Å²) in [7, 11) is 0. The molecule has 1 aliphatic heterocycles. The number of anilines is 1. The number of nitrogens with zero attached hydrogens (tertiary/aromatic N) is 2. The van der Waals surface area contributed by atoms with Gasteiger partial charge in [0.25, 0.3) is 5.89 Å². The van der Waals surface area contributed by atoms with Gasteiger partial charge in [-0.25, -0.2) is 0 Å². The van der Waals surface area contributed by atoms with Crippen molar-refractivity contribution in [3.05, 3.63) is 24.0 Å². The number of phenols is 1. The fraction of sp³-hybridized carbons (Fsp3) is 0.385. The maximum Gasteiger partial charge on any atom is 0.258 e. The molecule has 6 nitrogen and oxygen atoms in total. The Morgan fingerprint density at radius 1 is 1.26 bits per heavy atom. The fourth-order valence-electron chi connectivity index (χ4n) is 2.16. The lowest BCUT2D eigenvalue weighted by molar-refractivity contribution is 0.0830. The fourth-order valence-corrected chi connectivity index (χ4v) is 2.16. The molecule has 0 saturated carbocycles. The molecule has 100 valence electrons. The highest BCUT2D eigenvalue weighted by molar-refractivity contribution is 5.64. The van der Waals surface area contributed by atoms with Gasteiger partial charge in [-0.05, 0) is 31.0 Å². The zero-order valence-electron chi connectivity index (χ0n) is 10.4. The third-order valence-corrected chi connectivity index (χ3v) is 3.30. The maximum absolute atomic E-state index is 9.39. The van der Waals surface area contributed by atoms with Gasteiger partial charge in [0, 0.05) is 24.7 Å². The van der Waals surface area contributed by atoms with Crippen molar-refractivity contribution in [1.82, 2.24) is 10.1 Å². The van der Waals surface area contributed by atoms with E-state index in [0.29, 0.717) is 28.9 Å². The number of nitrogens with two attached hydrogens (primary N) is 1. The van der Waals surface area contributed by atoms with Crippen LogP contribution in [0.5, 0.6) is 5.75 Å². The van der Waals surface area contributed by atoms with Crippen molar-refractivity contribution >= 4 is 5.69 Å². The Balaban J connectivity index is 1.85. The zero-order valence-corrected chi connectivity index (χ0v) is 10.4. The minimum Gasteiger partial charge on any atom is -0.506 e. The summed E-state index contributed by atoms with van der Waals surface area (Å²) in [6.45, 7) is 1.47. The van der Waals surface area contributed by atoms with Crippen LogP contribution < -0.4 is 5.73 Å². The quantitative estimate of drug-likeness (QED) is 0.633. The summed E-state index contributed by atoms with van der Waals surface area (Å²) in [4.78, 5) is 4.40. The first-order valence-electron chi connectivity index (χ1n) is 6.24. The van der Waals surface area contributed by atoms with Crippen LogP contribution in [0.3, 0.4) is 0 Å². The molecule has 0 bridgehead atoms. The van der Waals surface area contributed by atoms with E-state index in [1.807, 2.05) is 0 Å². The molecular formula is C13H15N3O3. The molecule has 3 N–H and O–H groups in total. The van der Waals surface area contributed by atoms with Gasteiger partial charge < -0.3 is 20.1 Å². The number of phenolic OH excluding ortho intramolecular Hbond substituents is 1. The van der Waals surface area contributed by atoms with Gasteiger partial charge in [0.15, 0.2) is 5.82 Å². The van der Waals surface area contributed by atoms with Crippen molar-refractivity contribution in [2.24, 2.45) is 0 Å². The number of rotatable bonds is 2. The lowest BCUT2D eigenvalue weighted by Crippen LogP contribution is -2.15. The molecule has 1 aliphatic rings. The molecule has 0 aliphatic carbocycles. The Hall–Kier alpha value is -2.08. The van der Waals surface area contributed by atoms with Crippen molar-refractivity contribution < 1.29 is 14.4 Å². The van der Waals surface area contributed by atoms with E-state index < -0.39 is 0 Å². The van der Waals surface area contributed by atoms with E-state index in [9.17, 15) is 5.11 Å². The molecule has 0 amide bonds. The third-order valence-electron chi connectivity index (χ3n) is 3.30. The summed E-state index contributed by atoms with van der Waals surface area (Å²) in [6, 6.07) is 4.84. The monoisotopic (exact) mass is 261 g/mol. The van der Waals surface area contributed by atoms with E-state index in [1.54, 1.807) is 12.1 Å². The van der Waals surface area contributed by atoms with Gasteiger partial charge >= 0.3 is 0 Å². The molecule has 19 heavy (non-hydrogen) atoms. The Kier molecular flexibility index (Phi) is 3.08. The molecule has 1 aromatic carbocycles. The molecule has 1 fully saturated rings. The number of nitrogen functional groups attached to an aromatic ring is 1. The van der Waals surface area contributed by atoms with E-state index >= 15 is 0 Å². The number of hydrogen-bond acceptors (Lipinski definition) is 6. The van der Waals surface area contributed by atoms with Crippen molar-refractivity contribution in [2.75, 3.05) is 18.9 Å². The van der Waals surface area contributed by atoms with Crippen LogP contribution in [0.2, 0.25) is 0 Å². The average molecular weight is 261 g/mol. The maximum atomic E-state index is 9.39. The second-order valence-corrected chi connectivity index (χ2v) is 4.62. The first kappa shape index (κ1) is 12.0. The molecule has 1 aromatic heterocycles. The van der Waals surface area contributed by atoms with Crippen molar-refractivity contribution in [3.63, 3.8) is 0 Å². The predicted octanol–water partition coefficient (Wildman–Crippen LogP) is 1.92. The lowest BCUT2D eigenvalue weighted by atomic mass is 10.00. The minimum atomic E-state index is 0.0490. The van der Waals surface area contributed by atoms with Crippen LogP contribution in [0.15, 0.2) is 22.7 Å². The summed E-state index contributed by atoms with van der Waals surface area (Å²) >= 11 is 0. The van der Waals surface area contributed by atoms with Gasteiger partial charge in [0.05, 0.1) is 5.69 Å². The smallest absolute Gasteiger partial charge is 0.258 e. The molecule has 3 rings (SSSR count). The molecular weight excluding hydrogens is 246 g/mol. The summed E-state index contributed by atoms with van der Waals surface area (Å²) in [5, 5.41) is 13.4. The second-order valence-electron chi connectivity index (χ2n) is 4.62. The lowest BCUT2D eigenvalue weighted by Gasteiger charge is -2.18. The molecule has 2 heterocycles. The number of benzene rings is 1. The largest absolute Gasteiger partial charge is 0.506 e. The van der Waals surface area contributed by atoms with Gasteiger partial charge in [0.1, 0.15) is 5.75 Å². The van der Waals surface area contributed by atoms with Crippen LogP contribution in [-0.2, 0) is 4.74 Å². The molecule has 1 saturated heterocycles. The van der Waals surface area contributed by atoms with E-state index in [0.717, 1.165) is 26.1 Å². The molecule has 0 spiro atoms. The van der Waals surface area contributed by atoms with Crippen LogP contribution in [0.25, 0.3) is 11.5 Å². The predicted molar refractivity (Wildman–Crippen MR) is 68.6 cm³/mol.